The molecule has 0 unspecified atom stereocenters. The molecule has 13 heavy (non-hydrogen) atoms. The molecule has 0 saturated heterocycles. The zero-order chi connectivity index (χ0) is 9.90. The Morgan fingerprint density at radius 3 is 2.46 bits per heavy atom. The lowest BCUT2D eigenvalue weighted by Gasteiger charge is -2.22. The molecular formula is C11H15ClS. The third-order valence-corrected chi connectivity index (χ3v) is 3.74. The molecule has 2 heteroatoms. The quantitative estimate of drug-likeness (QED) is 0.733. The zero-order valence-corrected chi connectivity index (χ0v) is 9.88. The van der Waals surface area contributed by atoms with Crippen molar-refractivity contribution in [2.75, 3.05) is 6.26 Å². The highest BCUT2D eigenvalue weighted by Crippen LogP contribution is 2.28. The maximum Gasteiger partial charge on any atom is 0.0438 e. The Morgan fingerprint density at radius 1 is 1.31 bits per heavy atom. The topological polar surface area (TPSA) is 0 Å². The van der Waals surface area contributed by atoms with Crippen LogP contribution >= 0.6 is 23.4 Å². The molecule has 0 saturated carbocycles. The molecule has 0 aliphatic carbocycles. The molecule has 0 heterocycles. The molecule has 72 valence electrons. The monoisotopic (exact) mass is 214 g/mol. The van der Waals surface area contributed by atoms with Crippen LogP contribution in [0.3, 0.4) is 0 Å². The minimum atomic E-state index is 0.269. The van der Waals surface area contributed by atoms with Gasteiger partial charge in [0.05, 0.1) is 0 Å². The summed E-state index contributed by atoms with van der Waals surface area (Å²) >= 11 is 7.95. The van der Waals surface area contributed by atoms with E-state index in [1.54, 1.807) is 0 Å². The largest absolute Gasteiger partial charge is 0.159 e. The van der Waals surface area contributed by atoms with E-state index in [0.29, 0.717) is 0 Å². The first-order valence-corrected chi connectivity index (χ1v) is 5.94. The van der Waals surface area contributed by atoms with Crippen LogP contribution in [-0.4, -0.2) is 11.0 Å². The average molecular weight is 215 g/mol. The van der Waals surface area contributed by atoms with Crippen LogP contribution in [0.4, 0.5) is 0 Å². The van der Waals surface area contributed by atoms with Crippen LogP contribution in [0.2, 0.25) is 5.02 Å². The molecule has 0 atom stereocenters. The first kappa shape index (κ1) is 10.9. The first-order valence-electron chi connectivity index (χ1n) is 4.34. The molecule has 0 nitrogen and oxygen atoms in total. The normalized spacial score (nSPS) is 11.7. The number of halogens is 1. The van der Waals surface area contributed by atoms with E-state index in [1.165, 1.54) is 5.56 Å². The second-order valence-corrected chi connectivity index (χ2v) is 5.65. The van der Waals surface area contributed by atoms with Gasteiger partial charge < -0.3 is 0 Å². The summed E-state index contributed by atoms with van der Waals surface area (Å²) in [7, 11) is 0. The Kier molecular flexibility index (Phi) is 3.69. The van der Waals surface area contributed by atoms with Gasteiger partial charge in [-0.2, -0.15) is 11.8 Å². The van der Waals surface area contributed by atoms with Crippen molar-refractivity contribution in [2.24, 2.45) is 0 Å². The fraction of sp³-hybridized carbons (Fsp3) is 0.455. The summed E-state index contributed by atoms with van der Waals surface area (Å²) in [5, 5.41) is 0.879. The van der Waals surface area contributed by atoms with Gasteiger partial charge in [-0.15, -0.1) is 0 Å². The lowest BCUT2D eigenvalue weighted by molar-refractivity contribution is 0.710. The van der Waals surface area contributed by atoms with Crippen molar-refractivity contribution in [2.45, 2.75) is 25.0 Å². The van der Waals surface area contributed by atoms with Crippen LogP contribution in [0.15, 0.2) is 24.3 Å². The zero-order valence-electron chi connectivity index (χ0n) is 8.30. The first-order chi connectivity index (χ1) is 6.05. The number of thioether (sulfide) groups is 1. The fourth-order valence-corrected chi connectivity index (χ4v) is 1.67. The summed E-state index contributed by atoms with van der Waals surface area (Å²) in [5.41, 5.74) is 1.24. The number of hydrogen-bond donors (Lipinski definition) is 0. The van der Waals surface area contributed by atoms with Gasteiger partial charge in [-0.3, -0.25) is 0 Å². The van der Waals surface area contributed by atoms with Gasteiger partial charge in [0, 0.05) is 9.77 Å². The molecule has 0 spiro atoms. The van der Waals surface area contributed by atoms with Crippen LogP contribution in [0, 0.1) is 0 Å². The summed E-state index contributed by atoms with van der Waals surface area (Å²) in [6.45, 7) is 4.47. The van der Waals surface area contributed by atoms with Crippen molar-refractivity contribution in [3.05, 3.63) is 34.9 Å². The minimum absolute atomic E-state index is 0.269. The maximum atomic E-state index is 6.08. The van der Waals surface area contributed by atoms with E-state index < -0.39 is 0 Å². The van der Waals surface area contributed by atoms with E-state index >= 15 is 0 Å². The van der Waals surface area contributed by atoms with Crippen molar-refractivity contribution in [1.82, 2.24) is 0 Å². The molecule has 0 radical (unpaired) electrons. The molecule has 0 bridgehead atoms. The standard InChI is InChI=1S/C11H15ClS/c1-11(2,13-3)8-9-6-4-5-7-10(9)12/h4-7H,8H2,1-3H3. The summed E-state index contributed by atoms with van der Waals surface area (Å²) < 4.78 is 0.269. The predicted octanol–water partition coefficient (Wildman–Crippen LogP) is 4.02. The lowest BCUT2D eigenvalue weighted by atomic mass is 10.0. The molecule has 1 aromatic rings. The molecule has 1 rings (SSSR count). The van der Waals surface area contributed by atoms with Crippen molar-refractivity contribution in [3.8, 4) is 0 Å². The highest BCUT2D eigenvalue weighted by molar-refractivity contribution is 7.99. The Morgan fingerprint density at radius 2 is 1.92 bits per heavy atom. The van der Waals surface area contributed by atoms with Gasteiger partial charge in [0.2, 0.25) is 0 Å². The molecule has 0 aromatic heterocycles. The second-order valence-electron chi connectivity index (χ2n) is 3.73. The van der Waals surface area contributed by atoms with E-state index in [0.717, 1.165) is 11.4 Å². The van der Waals surface area contributed by atoms with Crippen molar-refractivity contribution in [3.63, 3.8) is 0 Å². The number of rotatable bonds is 3. The van der Waals surface area contributed by atoms with E-state index in [1.807, 2.05) is 30.0 Å². The van der Waals surface area contributed by atoms with Gasteiger partial charge >= 0.3 is 0 Å². The molecule has 1 aromatic carbocycles. The third-order valence-electron chi connectivity index (χ3n) is 2.13. The van der Waals surface area contributed by atoms with Crippen molar-refractivity contribution < 1.29 is 0 Å². The van der Waals surface area contributed by atoms with E-state index in [2.05, 4.69) is 26.2 Å². The summed E-state index contributed by atoms with van der Waals surface area (Å²) in [5.74, 6) is 0. The van der Waals surface area contributed by atoms with Gasteiger partial charge in [0.25, 0.3) is 0 Å². The van der Waals surface area contributed by atoms with Crippen LogP contribution in [0.25, 0.3) is 0 Å². The molecule has 0 amide bonds. The third kappa shape index (κ3) is 3.24. The molecular weight excluding hydrogens is 200 g/mol. The molecule has 0 aliphatic rings. The Hall–Kier alpha value is -0.140. The predicted molar refractivity (Wildman–Crippen MR) is 62.8 cm³/mol. The highest BCUT2D eigenvalue weighted by Gasteiger charge is 2.17. The molecule has 0 fully saturated rings. The Balaban J connectivity index is 2.80. The van der Waals surface area contributed by atoms with Crippen LogP contribution in [0.1, 0.15) is 19.4 Å². The van der Waals surface area contributed by atoms with Gasteiger partial charge in [-0.25, -0.2) is 0 Å². The lowest BCUT2D eigenvalue weighted by Crippen LogP contribution is -2.17. The van der Waals surface area contributed by atoms with E-state index in [9.17, 15) is 0 Å². The van der Waals surface area contributed by atoms with E-state index in [4.69, 9.17) is 11.6 Å². The smallest absolute Gasteiger partial charge is 0.0438 e. The highest BCUT2D eigenvalue weighted by atomic mass is 35.5. The van der Waals surface area contributed by atoms with Gasteiger partial charge in [-0.05, 0) is 24.3 Å². The summed E-state index contributed by atoms with van der Waals surface area (Å²) in [6.07, 6.45) is 3.16. The fourth-order valence-electron chi connectivity index (χ4n) is 1.17. The van der Waals surface area contributed by atoms with Crippen molar-refractivity contribution in [1.29, 1.82) is 0 Å². The minimum Gasteiger partial charge on any atom is -0.159 e. The maximum absolute atomic E-state index is 6.08. The molecule has 0 N–H and O–H groups in total. The molecule has 0 aliphatic heterocycles. The second kappa shape index (κ2) is 4.39. The SMILES string of the molecule is CSC(C)(C)Cc1ccccc1Cl. The van der Waals surface area contributed by atoms with Crippen LogP contribution in [0.5, 0.6) is 0 Å². The van der Waals surface area contributed by atoms with Gasteiger partial charge in [0.15, 0.2) is 0 Å². The summed E-state index contributed by atoms with van der Waals surface area (Å²) in [6, 6.07) is 8.06. The van der Waals surface area contributed by atoms with Crippen LogP contribution in [-0.2, 0) is 6.42 Å². The number of benzene rings is 1. The van der Waals surface area contributed by atoms with Gasteiger partial charge in [0.1, 0.15) is 0 Å². The Labute approximate surface area is 89.7 Å². The van der Waals surface area contributed by atoms with Crippen LogP contribution < -0.4 is 0 Å². The average Bonchev–Trinajstić information content (AvgIpc) is 2.09. The number of hydrogen-bond acceptors (Lipinski definition) is 1. The van der Waals surface area contributed by atoms with E-state index in [-0.39, 0.29) is 4.75 Å². The summed E-state index contributed by atoms with van der Waals surface area (Å²) in [4.78, 5) is 0. The Bertz CT molecular complexity index is 281. The van der Waals surface area contributed by atoms with Gasteiger partial charge in [-0.1, -0.05) is 43.6 Å². The van der Waals surface area contributed by atoms with Crippen molar-refractivity contribution >= 4 is 23.4 Å².